The van der Waals surface area contributed by atoms with E-state index in [0.29, 0.717) is 6.04 Å². The van der Waals surface area contributed by atoms with E-state index < -0.39 is 0 Å². The summed E-state index contributed by atoms with van der Waals surface area (Å²) in [7, 11) is 0. The molecule has 1 atom stereocenters. The summed E-state index contributed by atoms with van der Waals surface area (Å²) in [6.45, 7) is 3.81. The fraction of sp³-hybridized carbons (Fsp3) is 0.889. The molecule has 2 heterocycles. The minimum Gasteiger partial charge on any atom is -0.310 e. The van der Waals surface area contributed by atoms with Crippen molar-refractivity contribution in [3.63, 3.8) is 0 Å². The van der Waals surface area contributed by atoms with Gasteiger partial charge in [0.25, 0.3) is 0 Å². The molecule has 1 N–H and O–H groups in total. The largest absolute Gasteiger partial charge is 0.310 e. The Balaban J connectivity index is 2.02. The molecule has 6 heteroatoms. The summed E-state index contributed by atoms with van der Waals surface area (Å²) < 4.78 is 1.99. The number of rotatable bonds is 4. The van der Waals surface area contributed by atoms with Gasteiger partial charge in [-0.05, 0) is 35.6 Å². The number of thioether (sulfide) groups is 1. The molecule has 0 bridgehead atoms. The third kappa shape index (κ3) is 2.69. The minimum atomic E-state index is 0.493. The molecule has 0 spiro atoms. The Morgan fingerprint density at radius 1 is 1.60 bits per heavy atom. The molecule has 1 aliphatic heterocycles. The van der Waals surface area contributed by atoms with Crippen molar-refractivity contribution in [3.8, 4) is 0 Å². The first kappa shape index (κ1) is 10.9. The van der Waals surface area contributed by atoms with Crippen LogP contribution in [-0.4, -0.2) is 38.3 Å². The third-order valence-electron chi connectivity index (χ3n) is 2.58. The lowest BCUT2D eigenvalue weighted by Gasteiger charge is -2.21. The van der Waals surface area contributed by atoms with Crippen LogP contribution in [0.1, 0.15) is 31.6 Å². The van der Waals surface area contributed by atoms with Crippen molar-refractivity contribution in [1.82, 2.24) is 25.5 Å². The van der Waals surface area contributed by atoms with Gasteiger partial charge in [0.2, 0.25) is 0 Å². The van der Waals surface area contributed by atoms with Gasteiger partial charge in [-0.2, -0.15) is 11.8 Å². The van der Waals surface area contributed by atoms with Crippen molar-refractivity contribution >= 4 is 11.8 Å². The highest BCUT2D eigenvalue weighted by Gasteiger charge is 2.19. The second-order valence-electron chi connectivity index (χ2n) is 3.69. The second-order valence-corrected chi connectivity index (χ2v) is 4.84. The van der Waals surface area contributed by atoms with E-state index in [9.17, 15) is 0 Å². The van der Waals surface area contributed by atoms with Gasteiger partial charge in [-0.3, -0.25) is 0 Å². The van der Waals surface area contributed by atoms with Crippen LogP contribution in [0, 0.1) is 0 Å². The summed E-state index contributed by atoms with van der Waals surface area (Å²) >= 11 is 2.00. The molecule has 0 aliphatic carbocycles. The number of nitrogens with zero attached hydrogens (tertiary/aromatic N) is 4. The first-order valence-corrected chi connectivity index (χ1v) is 6.62. The van der Waals surface area contributed by atoms with E-state index in [1.54, 1.807) is 0 Å². The lowest BCUT2D eigenvalue weighted by atomic mass is 10.2. The molecule has 1 saturated heterocycles. The average molecular weight is 227 g/mol. The van der Waals surface area contributed by atoms with Crippen LogP contribution in [0.5, 0.6) is 0 Å². The smallest absolute Gasteiger partial charge is 0.165 e. The van der Waals surface area contributed by atoms with E-state index in [-0.39, 0.29) is 0 Å². The molecule has 84 valence electrons. The van der Waals surface area contributed by atoms with Gasteiger partial charge in [0.1, 0.15) is 0 Å². The maximum Gasteiger partial charge on any atom is 0.165 e. The Bertz CT molecular complexity index is 294. The number of aromatic nitrogens is 4. The number of hydrogen-bond acceptors (Lipinski definition) is 5. The Kier molecular flexibility index (Phi) is 3.96. The van der Waals surface area contributed by atoms with Crippen LogP contribution in [0.2, 0.25) is 0 Å². The molecule has 1 aromatic heterocycles. The quantitative estimate of drug-likeness (QED) is 0.826. The molecule has 1 fully saturated rings. The van der Waals surface area contributed by atoms with Gasteiger partial charge in [-0.1, -0.05) is 6.92 Å². The van der Waals surface area contributed by atoms with Crippen LogP contribution in [0.25, 0.3) is 0 Å². The highest BCUT2D eigenvalue weighted by atomic mass is 32.2. The monoisotopic (exact) mass is 227 g/mol. The SMILES string of the molecule is CCNCc1nnnn1C1CCCSC1. The van der Waals surface area contributed by atoms with Crippen LogP contribution in [-0.2, 0) is 6.54 Å². The number of hydrogen-bond donors (Lipinski definition) is 1. The second kappa shape index (κ2) is 5.46. The average Bonchev–Trinajstić information content (AvgIpc) is 2.75. The molecule has 5 nitrogen and oxygen atoms in total. The fourth-order valence-corrected chi connectivity index (χ4v) is 2.88. The molecule has 1 unspecified atom stereocenters. The normalized spacial score (nSPS) is 21.8. The van der Waals surface area contributed by atoms with Crippen LogP contribution in [0.3, 0.4) is 0 Å². The Morgan fingerprint density at radius 2 is 2.53 bits per heavy atom. The molecule has 0 radical (unpaired) electrons. The molecule has 0 saturated carbocycles. The number of tetrazole rings is 1. The van der Waals surface area contributed by atoms with Gasteiger partial charge in [0.15, 0.2) is 5.82 Å². The van der Waals surface area contributed by atoms with Crippen molar-refractivity contribution in [2.24, 2.45) is 0 Å². The lowest BCUT2D eigenvalue weighted by molar-refractivity contribution is 0.424. The highest BCUT2D eigenvalue weighted by molar-refractivity contribution is 7.99. The molecule has 15 heavy (non-hydrogen) atoms. The zero-order valence-electron chi connectivity index (χ0n) is 9.02. The topological polar surface area (TPSA) is 55.6 Å². The van der Waals surface area contributed by atoms with E-state index in [0.717, 1.165) is 24.7 Å². The Morgan fingerprint density at radius 3 is 3.27 bits per heavy atom. The van der Waals surface area contributed by atoms with Gasteiger partial charge < -0.3 is 5.32 Å². The van der Waals surface area contributed by atoms with Crippen molar-refractivity contribution in [2.75, 3.05) is 18.1 Å². The lowest BCUT2D eigenvalue weighted by Crippen LogP contribution is -2.23. The van der Waals surface area contributed by atoms with Crippen molar-refractivity contribution < 1.29 is 0 Å². The molecule has 0 amide bonds. The third-order valence-corrected chi connectivity index (χ3v) is 3.77. The summed E-state index contributed by atoms with van der Waals surface area (Å²) in [4.78, 5) is 0. The standard InChI is InChI=1S/C9H17N5S/c1-2-10-6-9-11-12-13-14(9)8-4-3-5-15-7-8/h8,10H,2-7H2,1H3. The molecule has 0 aromatic carbocycles. The zero-order chi connectivity index (χ0) is 10.5. The predicted octanol–water partition coefficient (Wildman–Crippen LogP) is 0.851. The van der Waals surface area contributed by atoms with Crippen LogP contribution in [0.4, 0.5) is 0 Å². The van der Waals surface area contributed by atoms with Crippen molar-refractivity contribution in [1.29, 1.82) is 0 Å². The summed E-state index contributed by atoms with van der Waals surface area (Å²) in [5.74, 6) is 3.38. The summed E-state index contributed by atoms with van der Waals surface area (Å²) in [5.41, 5.74) is 0. The summed E-state index contributed by atoms with van der Waals surface area (Å²) in [6, 6.07) is 0.493. The van der Waals surface area contributed by atoms with E-state index in [1.165, 1.54) is 18.6 Å². The van der Waals surface area contributed by atoms with Crippen LogP contribution >= 0.6 is 11.8 Å². The van der Waals surface area contributed by atoms with Crippen LogP contribution in [0.15, 0.2) is 0 Å². The van der Waals surface area contributed by atoms with E-state index in [4.69, 9.17) is 0 Å². The first-order valence-electron chi connectivity index (χ1n) is 5.47. The number of nitrogens with one attached hydrogen (secondary N) is 1. The first-order chi connectivity index (χ1) is 7.42. The van der Waals surface area contributed by atoms with Gasteiger partial charge in [-0.25, -0.2) is 4.68 Å². The van der Waals surface area contributed by atoms with Crippen molar-refractivity contribution in [2.45, 2.75) is 32.4 Å². The summed E-state index contributed by atoms with van der Waals surface area (Å²) in [6.07, 6.45) is 2.48. The van der Waals surface area contributed by atoms with Gasteiger partial charge in [0, 0.05) is 5.75 Å². The van der Waals surface area contributed by atoms with E-state index in [1.807, 2.05) is 16.4 Å². The fourth-order valence-electron chi connectivity index (χ4n) is 1.77. The van der Waals surface area contributed by atoms with Crippen LogP contribution < -0.4 is 5.32 Å². The Hall–Kier alpha value is -0.620. The van der Waals surface area contributed by atoms with E-state index >= 15 is 0 Å². The maximum absolute atomic E-state index is 4.09. The molecule has 1 aliphatic rings. The van der Waals surface area contributed by atoms with Crippen molar-refractivity contribution in [3.05, 3.63) is 5.82 Å². The zero-order valence-corrected chi connectivity index (χ0v) is 9.83. The Labute approximate surface area is 94.0 Å². The van der Waals surface area contributed by atoms with Gasteiger partial charge in [0.05, 0.1) is 12.6 Å². The molecule has 2 rings (SSSR count). The molecular formula is C9H17N5S. The maximum atomic E-state index is 4.09. The summed E-state index contributed by atoms with van der Waals surface area (Å²) in [5, 5.41) is 15.2. The molecule has 1 aromatic rings. The molecular weight excluding hydrogens is 210 g/mol. The predicted molar refractivity (Wildman–Crippen MR) is 60.8 cm³/mol. The van der Waals surface area contributed by atoms with Gasteiger partial charge in [-0.15, -0.1) is 5.10 Å². The van der Waals surface area contributed by atoms with E-state index in [2.05, 4.69) is 27.8 Å². The highest BCUT2D eigenvalue weighted by Crippen LogP contribution is 2.26. The van der Waals surface area contributed by atoms with Gasteiger partial charge >= 0.3 is 0 Å². The minimum absolute atomic E-state index is 0.493.